The largest absolute Gasteiger partial charge is 0.465 e. The van der Waals surface area contributed by atoms with E-state index in [1.807, 2.05) is 7.05 Å². The number of nitrogens with zero attached hydrogens (tertiary/aromatic N) is 6. The van der Waals surface area contributed by atoms with Crippen LogP contribution in [0.2, 0.25) is 0 Å². The molecular weight excluding hydrogens is 747 g/mol. The van der Waals surface area contributed by atoms with Gasteiger partial charge in [0.2, 0.25) is 11.8 Å². The number of hydrogen-bond acceptors (Lipinski definition) is 9. The lowest BCUT2D eigenvalue weighted by Gasteiger charge is -2.34. The number of benzene rings is 2. The molecule has 4 amide bonds. The number of aromatic nitrogens is 5. The number of hydrogen-bond donors (Lipinski definition) is 4. The number of likely N-dealkylation sites (N-methyl/N-ethyl adjacent to an activating group) is 1. The highest BCUT2D eigenvalue weighted by Gasteiger charge is 2.41. The standard InChI is InChI=1S/C41H51N9O8/c1-22(56-5)34(46-40(53)58-7)38(51)49-16-8-10-30(49)36-42-20-28(44-36)24-12-14-26-27-15-13-25(19-33(27)47(3)32(26)18-24)29-21-43-37(45-29)31-11-9-17-50(31)39(52)35(23(2)57-6)48(4)41(54)55/h12-15,18-23,30-31,34-35H,8-11,16-17H2,1-7H3,(H,42,44)(H,43,45)(H,46,53)(H,54,55)/t22-,23-,30+,31+,34+,35+/m1/s1. The third-order valence-corrected chi connectivity index (χ3v) is 11.9. The fourth-order valence-corrected chi connectivity index (χ4v) is 8.45. The Morgan fingerprint density at radius 2 is 1.31 bits per heavy atom. The molecule has 58 heavy (non-hydrogen) atoms. The van der Waals surface area contributed by atoms with Gasteiger partial charge in [-0.25, -0.2) is 19.6 Å². The molecule has 2 fully saturated rings. The fraction of sp³-hybridized carbons (Fsp3) is 0.463. The van der Waals surface area contributed by atoms with Crippen molar-refractivity contribution in [3.8, 4) is 22.5 Å². The van der Waals surface area contributed by atoms with E-state index in [1.165, 1.54) is 28.4 Å². The Hall–Kier alpha value is -5.94. The molecule has 3 aromatic heterocycles. The van der Waals surface area contributed by atoms with Gasteiger partial charge in [0.25, 0.3) is 0 Å². The molecule has 2 aliphatic heterocycles. The van der Waals surface area contributed by atoms with Gasteiger partial charge in [0.1, 0.15) is 23.7 Å². The van der Waals surface area contributed by atoms with E-state index in [0.29, 0.717) is 31.2 Å². The molecule has 0 radical (unpaired) electrons. The van der Waals surface area contributed by atoms with Crippen LogP contribution in [0.25, 0.3) is 44.3 Å². The zero-order valence-electron chi connectivity index (χ0n) is 33.8. The Labute approximate surface area is 335 Å². The number of alkyl carbamates (subject to hydrolysis) is 1. The second-order valence-electron chi connectivity index (χ2n) is 15.1. The SMILES string of the molecule is COC(=O)N[C@H](C(=O)N1CCC[C@H]1c1ncc(-c2ccc3c4ccc(-c5cnc([C@@H]6CCCN6C(=O)[C@H]([C@@H](C)OC)N(C)C(=O)O)[nH]5)cc4n(C)c3c2)[nH]1)[C@@H](C)OC. The van der Waals surface area contributed by atoms with Crippen LogP contribution in [-0.4, -0.2) is 134 Å². The van der Waals surface area contributed by atoms with Gasteiger partial charge in [-0.05, 0) is 51.7 Å². The van der Waals surface area contributed by atoms with Crippen molar-refractivity contribution >= 4 is 45.8 Å². The first-order valence-corrected chi connectivity index (χ1v) is 19.5. The minimum atomic E-state index is -1.20. The summed E-state index contributed by atoms with van der Waals surface area (Å²) in [4.78, 5) is 72.2. The molecule has 0 saturated carbocycles. The highest BCUT2D eigenvalue weighted by Crippen LogP contribution is 2.37. The molecule has 0 aliphatic carbocycles. The lowest BCUT2D eigenvalue weighted by atomic mass is 10.1. The summed E-state index contributed by atoms with van der Waals surface area (Å²) in [5.41, 5.74) is 5.55. The number of carbonyl (C=O) groups is 4. The first-order valence-electron chi connectivity index (χ1n) is 19.5. The van der Waals surface area contributed by atoms with Crippen molar-refractivity contribution in [1.29, 1.82) is 0 Å². The van der Waals surface area contributed by atoms with Gasteiger partial charge in [-0.15, -0.1) is 0 Å². The second kappa shape index (κ2) is 16.5. The van der Waals surface area contributed by atoms with Crippen LogP contribution in [0.1, 0.15) is 63.3 Å². The molecule has 7 rings (SSSR count). The van der Waals surface area contributed by atoms with Crippen molar-refractivity contribution in [1.82, 2.24) is 44.5 Å². The Morgan fingerprint density at radius 1 is 0.810 bits per heavy atom. The van der Waals surface area contributed by atoms with Crippen LogP contribution < -0.4 is 5.32 Å². The highest BCUT2D eigenvalue weighted by atomic mass is 16.5. The summed E-state index contributed by atoms with van der Waals surface area (Å²) in [5, 5.41) is 14.5. The summed E-state index contributed by atoms with van der Waals surface area (Å²) < 4.78 is 17.7. The summed E-state index contributed by atoms with van der Waals surface area (Å²) >= 11 is 0. The van der Waals surface area contributed by atoms with Crippen LogP contribution in [-0.2, 0) is 30.8 Å². The topological polar surface area (TPSA) is 200 Å². The average Bonchev–Trinajstić information content (AvgIpc) is 4.09. The highest BCUT2D eigenvalue weighted by molar-refractivity contribution is 6.09. The van der Waals surface area contributed by atoms with Crippen LogP contribution in [0.5, 0.6) is 0 Å². The number of imidazole rings is 2. The van der Waals surface area contributed by atoms with Gasteiger partial charge in [0, 0.05) is 74.3 Å². The summed E-state index contributed by atoms with van der Waals surface area (Å²) in [6, 6.07) is 10.0. The van der Waals surface area contributed by atoms with Crippen LogP contribution in [0.15, 0.2) is 48.8 Å². The first kappa shape index (κ1) is 40.3. The maximum atomic E-state index is 13.8. The minimum Gasteiger partial charge on any atom is -0.465 e. The molecule has 2 aliphatic rings. The molecule has 0 spiro atoms. The maximum absolute atomic E-state index is 13.8. The van der Waals surface area contributed by atoms with Crippen molar-refractivity contribution in [2.24, 2.45) is 7.05 Å². The molecule has 0 bridgehead atoms. The smallest absolute Gasteiger partial charge is 0.407 e. The van der Waals surface area contributed by atoms with Crippen molar-refractivity contribution in [2.75, 3.05) is 41.5 Å². The van der Waals surface area contributed by atoms with E-state index >= 15 is 0 Å². The zero-order chi connectivity index (χ0) is 41.4. The van der Waals surface area contributed by atoms with E-state index in [-0.39, 0.29) is 23.9 Å². The third kappa shape index (κ3) is 7.35. The number of fused-ring (bicyclic) bond motifs is 3. The van der Waals surface area contributed by atoms with Crippen LogP contribution in [0.4, 0.5) is 9.59 Å². The molecule has 17 nitrogen and oxygen atoms in total. The lowest BCUT2D eigenvalue weighted by molar-refractivity contribution is -0.141. The lowest BCUT2D eigenvalue weighted by Crippen LogP contribution is -2.54. The molecule has 2 saturated heterocycles. The average molecular weight is 798 g/mol. The number of ether oxygens (including phenoxy) is 3. The molecular formula is C41H51N9O8. The van der Waals surface area contributed by atoms with Crippen LogP contribution in [0.3, 0.4) is 0 Å². The molecule has 17 heteroatoms. The van der Waals surface area contributed by atoms with Gasteiger partial charge in [0.15, 0.2) is 0 Å². The van der Waals surface area contributed by atoms with Gasteiger partial charge in [0.05, 0.1) is 55.2 Å². The van der Waals surface area contributed by atoms with Crippen molar-refractivity contribution in [3.05, 3.63) is 60.4 Å². The quantitative estimate of drug-likeness (QED) is 0.130. The summed E-state index contributed by atoms with van der Waals surface area (Å²) in [6.45, 7) is 4.44. The molecule has 308 valence electrons. The fourth-order valence-electron chi connectivity index (χ4n) is 8.45. The summed E-state index contributed by atoms with van der Waals surface area (Å²) in [6.07, 6.45) is 3.45. The normalized spacial score (nSPS) is 19.0. The number of carboxylic acid groups (broad SMARTS) is 1. The summed E-state index contributed by atoms with van der Waals surface area (Å²) in [7, 11) is 7.64. The van der Waals surface area contributed by atoms with Gasteiger partial charge >= 0.3 is 12.2 Å². The monoisotopic (exact) mass is 797 g/mol. The van der Waals surface area contributed by atoms with Gasteiger partial charge in [-0.1, -0.05) is 24.3 Å². The van der Waals surface area contributed by atoms with E-state index < -0.39 is 36.5 Å². The number of H-pyrrole nitrogens is 2. The summed E-state index contributed by atoms with van der Waals surface area (Å²) in [5.74, 6) is 0.750. The molecule has 6 atom stereocenters. The number of rotatable bonds is 12. The number of carbonyl (C=O) groups excluding carboxylic acids is 3. The first-order chi connectivity index (χ1) is 27.9. The van der Waals surface area contributed by atoms with Gasteiger partial charge in [-0.3, -0.25) is 14.5 Å². The maximum Gasteiger partial charge on any atom is 0.407 e. The Bertz CT molecular complexity index is 2330. The number of aromatic amines is 2. The molecule has 5 aromatic rings. The van der Waals surface area contributed by atoms with Crippen molar-refractivity contribution < 1.29 is 38.5 Å². The minimum absolute atomic E-state index is 0.259. The molecule has 0 unspecified atom stereocenters. The molecule has 2 aromatic carbocycles. The number of likely N-dealkylation sites (tertiary alicyclic amines) is 2. The van der Waals surface area contributed by atoms with E-state index in [9.17, 15) is 24.3 Å². The molecule has 4 N–H and O–H groups in total. The van der Waals surface area contributed by atoms with Crippen LogP contribution in [0, 0.1) is 0 Å². The number of aryl methyl sites for hydroxylation is 1. The Morgan fingerprint density at radius 3 is 1.78 bits per heavy atom. The predicted molar refractivity (Wildman–Crippen MR) is 215 cm³/mol. The van der Waals surface area contributed by atoms with Gasteiger partial charge in [-0.2, -0.15) is 0 Å². The number of nitrogens with one attached hydrogen (secondary N) is 3. The van der Waals surface area contributed by atoms with E-state index in [2.05, 4.69) is 56.3 Å². The predicted octanol–water partition coefficient (Wildman–Crippen LogP) is 5.21. The number of amides is 4. The van der Waals surface area contributed by atoms with Crippen LogP contribution >= 0.6 is 0 Å². The molecule has 5 heterocycles. The Balaban J connectivity index is 1.12. The van der Waals surface area contributed by atoms with E-state index in [0.717, 1.165) is 68.5 Å². The van der Waals surface area contributed by atoms with Gasteiger partial charge < -0.3 is 49.0 Å². The zero-order valence-corrected chi connectivity index (χ0v) is 33.8. The Kier molecular flexibility index (Phi) is 11.5. The third-order valence-electron chi connectivity index (χ3n) is 11.9. The number of methoxy groups -OCH3 is 3. The van der Waals surface area contributed by atoms with Crippen molar-refractivity contribution in [2.45, 2.75) is 75.9 Å². The van der Waals surface area contributed by atoms with E-state index in [1.54, 1.807) is 36.0 Å². The van der Waals surface area contributed by atoms with Crippen molar-refractivity contribution in [3.63, 3.8) is 0 Å². The van der Waals surface area contributed by atoms with E-state index in [4.69, 9.17) is 24.2 Å². The second-order valence-corrected chi connectivity index (χ2v) is 15.1.